The molecule has 2 aliphatic rings. The zero-order chi connectivity index (χ0) is 27.9. The summed E-state index contributed by atoms with van der Waals surface area (Å²) in [4.78, 5) is 46.7. The van der Waals surface area contributed by atoms with E-state index in [4.69, 9.17) is 9.47 Å². The molecule has 3 amide bonds. The Balaban J connectivity index is 1.35. The van der Waals surface area contributed by atoms with Crippen molar-refractivity contribution in [1.82, 2.24) is 29.7 Å². The van der Waals surface area contributed by atoms with Gasteiger partial charge in [0, 0.05) is 45.8 Å². The van der Waals surface area contributed by atoms with E-state index < -0.39 is 36.6 Å². The minimum Gasteiger partial charge on any atom is -0.477 e. The van der Waals surface area contributed by atoms with Crippen molar-refractivity contribution in [3.8, 4) is 5.88 Å². The summed E-state index contributed by atoms with van der Waals surface area (Å²) < 4.78 is 39.6. The number of hydrogen-bond acceptors (Lipinski definition) is 10. The van der Waals surface area contributed by atoms with Crippen molar-refractivity contribution in [1.29, 1.82) is 0 Å². The van der Waals surface area contributed by atoms with Crippen LogP contribution in [-0.2, 0) is 4.74 Å². The van der Waals surface area contributed by atoms with E-state index in [2.05, 4.69) is 30.6 Å². The van der Waals surface area contributed by atoms with Gasteiger partial charge in [0.25, 0.3) is 0 Å². The van der Waals surface area contributed by atoms with Crippen LogP contribution in [0, 0.1) is 0 Å². The summed E-state index contributed by atoms with van der Waals surface area (Å²) >= 11 is 0. The van der Waals surface area contributed by atoms with Crippen molar-refractivity contribution in [3.05, 3.63) is 24.7 Å². The number of anilines is 3. The highest BCUT2D eigenvalue weighted by atomic mass is 19.1. The number of alkyl halides is 2. The molecule has 4 rings (SSSR count). The number of aromatic nitrogens is 4. The molecule has 2 N–H and O–H groups in total. The lowest BCUT2D eigenvalue weighted by Crippen LogP contribution is -2.55. The SMILES string of the molecule is CCOc1cnc(NC(=O)N(C)[C@H]2CN(c3nccc(NC(=O)O[C@@H]4CCN(C)C[C@H]4F)n3)CC[C@H]2F)cn1. The molecule has 0 aliphatic carbocycles. The molecular formula is C24H33F2N9O4. The van der Waals surface area contributed by atoms with Gasteiger partial charge in [0.05, 0.1) is 25.0 Å². The third kappa shape index (κ3) is 7.37. The monoisotopic (exact) mass is 549 g/mol. The first-order valence-electron chi connectivity index (χ1n) is 12.7. The van der Waals surface area contributed by atoms with Gasteiger partial charge in [0.1, 0.15) is 24.3 Å². The second kappa shape index (κ2) is 12.8. The Morgan fingerprint density at radius 1 is 1.08 bits per heavy atom. The molecule has 15 heteroatoms. The Morgan fingerprint density at radius 2 is 1.90 bits per heavy atom. The van der Waals surface area contributed by atoms with Gasteiger partial charge in [-0.05, 0) is 26.5 Å². The van der Waals surface area contributed by atoms with E-state index in [1.165, 1.54) is 36.6 Å². The van der Waals surface area contributed by atoms with Gasteiger partial charge in [0.2, 0.25) is 11.8 Å². The maximum Gasteiger partial charge on any atom is 0.413 e. The number of piperidine rings is 2. The molecule has 2 aromatic heterocycles. The van der Waals surface area contributed by atoms with Crippen LogP contribution in [0.4, 0.5) is 36.0 Å². The number of amides is 3. The summed E-state index contributed by atoms with van der Waals surface area (Å²) in [6, 6.07) is 0.121. The van der Waals surface area contributed by atoms with Gasteiger partial charge in [-0.15, -0.1) is 0 Å². The highest BCUT2D eigenvalue weighted by Crippen LogP contribution is 2.24. The van der Waals surface area contributed by atoms with Crippen molar-refractivity contribution in [2.45, 2.75) is 44.3 Å². The summed E-state index contributed by atoms with van der Waals surface area (Å²) in [5.41, 5.74) is 0. The summed E-state index contributed by atoms with van der Waals surface area (Å²) in [7, 11) is 3.30. The molecule has 2 saturated heterocycles. The molecule has 13 nitrogen and oxygen atoms in total. The van der Waals surface area contributed by atoms with Crippen LogP contribution in [0.2, 0.25) is 0 Å². The molecule has 2 aliphatic heterocycles. The second-order valence-corrected chi connectivity index (χ2v) is 9.41. The van der Waals surface area contributed by atoms with Crippen LogP contribution in [0.5, 0.6) is 5.88 Å². The van der Waals surface area contributed by atoms with Gasteiger partial charge in [0.15, 0.2) is 5.82 Å². The lowest BCUT2D eigenvalue weighted by atomic mass is 10.0. The molecule has 4 heterocycles. The fourth-order valence-corrected chi connectivity index (χ4v) is 4.41. The van der Waals surface area contributed by atoms with E-state index in [0.29, 0.717) is 32.0 Å². The first-order chi connectivity index (χ1) is 18.7. The van der Waals surface area contributed by atoms with E-state index in [0.717, 1.165) is 0 Å². The Bertz CT molecular complexity index is 1130. The standard InChI is InChI=1S/C24H33F2N9O4/c1-4-38-21-12-28-20(11-29-21)31-23(36)34(3)17-14-35(10-6-15(17)25)22-27-8-5-19(30-22)32-24(37)39-18-7-9-33(2)13-16(18)26/h5,8,11-12,15-18H,4,6-7,9-10,13-14H2,1-3H3,(H,28,31,36)(H,27,30,32,37)/t15-,16-,17+,18-/m1/s1. The number of carbonyl (C=O) groups is 2. The Morgan fingerprint density at radius 3 is 2.62 bits per heavy atom. The number of carbonyl (C=O) groups excluding carboxylic acids is 2. The van der Waals surface area contributed by atoms with E-state index in [1.54, 1.807) is 4.90 Å². The first-order valence-corrected chi connectivity index (χ1v) is 12.7. The van der Waals surface area contributed by atoms with Crippen LogP contribution in [0.15, 0.2) is 24.7 Å². The molecule has 4 atom stereocenters. The zero-order valence-electron chi connectivity index (χ0n) is 22.1. The van der Waals surface area contributed by atoms with Crippen LogP contribution in [-0.4, -0.2) is 113 Å². The highest BCUT2D eigenvalue weighted by molar-refractivity contribution is 5.88. The van der Waals surface area contributed by atoms with Crippen LogP contribution >= 0.6 is 0 Å². The number of likely N-dealkylation sites (N-methyl/N-ethyl adjacent to an activating group) is 1. The smallest absolute Gasteiger partial charge is 0.413 e. The minimum absolute atomic E-state index is 0.118. The van der Waals surface area contributed by atoms with Gasteiger partial charge in [-0.2, -0.15) is 4.98 Å². The second-order valence-electron chi connectivity index (χ2n) is 9.41. The molecule has 2 fully saturated rings. The number of hydrogen-bond donors (Lipinski definition) is 2. The first kappa shape index (κ1) is 28.1. The van der Waals surface area contributed by atoms with Crippen molar-refractivity contribution in [2.75, 3.05) is 62.4 Å². The van der Waals surface area contributed by atoms with Gasteiger partial charge in [-0.25, -0.2) is 33.3 Å². The Labute approximate surface area is 224 Å². The Kier molecular flexibility index (Phi) is 9.22. The third-order valence-corrected chi connectivity index (χ3v) is 6.57. The quantitative estimate of drug-likeness (QED) is 0.529. The number of halogens is 2. The topological polar surface area (TPSA) is 138 Å². The lowest BCUT2D eigenvalue weighted by Gasteiger charge is -2.39. The molecule has 0 aromatic carbocycles. The van der Waals surface area contributed by atoms with Crippen LogP contribution in [0.1, 0.15) is 19.8 Å². The molecule has 212 valence electrons. The summed E-state index contributed by atoms with van der Waals surface area (Å²) in [5, 5.41) is 5.11. The van der Waals surface area contributed by atoms with Crippen LogP contribution in [0.3, 0.4) is 0 Å². The molecule has 39 heavy (non-hydrogen) atoms. The van der Waals surface area contributed by atoms with E-state index in [1.807, 2.05) is 18.9 Å². The van der Waals surface area contributed by atoms with Crippen molar-refractivity contribution < 1.29 is 27.8 Å². The Hall–Kier alpha value is -3.88. The predicted octanol–water partition coefficient (Wildman–Crippen LogP) is 2.34. The largest absolute Gasteiger partial charge is 0.477 e. The van der Waals surface area contributed by atoms with E-state index >= 15 is 0 Å². The fourth-order valence-electron chi connectivity index (χ4n) is 4.41. The molecule has 0 spiro atoms. The maximum absolute atomic E-state index is 14.9. The molecular weight excluding hydrogens is 516 g/mol. The van der Waals surface area contributed by atoms with Crippen molar-refractivity contribution >= 4 is 29.7 Å². The number of nitrogens with one attached hydrogen (secondary N) is 2. The number of nitrogens with zero attached hydrogens (tertiary/aromatic N) is 7. The van der Waals surface area contributed by atoms with Gasteiger partial charge in [-0.1, -0.05) is 0 Å². The fraction of sp³-hybridized carbons (Fsp3) is 0.583. The molecule has 0 saturated carbocycles. The third-order valence-electron chi connectivity index (χ3n) is 6.57. The summed E-state index contributed by atoms with van der Waals surface area (Å²) in [6.45, 7) is 3.50. The zero-order valence-corrected chi connectivity index (χ0v) is 22.1. The number of ether oxygens (including phenoxy) is 2. The maximum atomic E-state index is 14.9. The predicted molar refractivity (Wildman–Crippen MR) is 138 cm³/mol. The summed E-state index contributed by atoms with van der Waals surface area (Å²) in [5.74, 6) is 0.937. The minimum atomic E-state index is -1.28. The molecule has 0 bridgehead atoms. The van der Waals surface area contributed by atoms with Crippen LogP contribution in [0.25, 0.3) is 0 Å². The van der Waals surface area contributed by atoms with Gasteiger partial charge in [-0.3, -0.25) is 10.6 Å². The van der Waals surface area contributed by atoms with Crippen molar-refractivity contribution in [3.63, 3.8) is 0 Å². The van der Waals surface area contributed by atoms with Gasteiger partial charge < -0.3 is 24.2 Å². The normalized spacial score (nSPS) is 23.6. The average Bonchev–Trinajstić information content (AvgIpc) is 2.91. The number of rotatable bonds is 7. The summed E-state index contributed by atoms with van der Waals surface area (Å²) in [6.07, 6.45) is 0.532. The van der Waals surface area contributed by atoms with Gasteiger partial charge >= 0.3 is 12.1 Å². The molecule has 0 radical (unpaired) electrons. The average molecular weight is 550 g/mol. The van der Waals surface area contributed by atoms with E-state index in [-0.39, 0.29) is 37.1 Å². The molecule has 0 unspecified atom stereocenters. The van der Waals surface area contributed by atoms with E-state index in [9.17, 15) is 18.4 Å². The number of urea groups is 1. The highest BCUT2D eigenvalue weighted by Gasteiger charge is 2.36. The lowest BCUT2D eigenvalue weighted by molar-refractivity contribution is 0.00405. The van der Waals surface area contributed by atoms with Crippen molar-refractivity contribution in [2.24, 2.45) is 0 Å². The van der Waals surface area contributed by atoms with Crippen LogP contribution < -0.4 is 20.3 Å². The number of likely N-dealkylation sites (tertiary alicyclic amines) is 1. The molecule has 2 aromatic rings.